The summed E-state index contributed by atoms with van der Waals surface area (Å²) in [7, 11) is 0. The molecule has 1 N–H and O–H groups in total. The van der Waals surface area contributed by atoms with Crippen LogP contribution >= 0.6 is 0 Å². The number of pyridine rings is 1. The van der Waals surface area contributed by atoms with Crippen molar-refractivity contribution in [2.45, 2.75) is 58.5 Å². The van der Waals surface area contributed by atoms with E-state index in [2.05, 4.69) is 24.4 Å². The molecule has 6 nitrogen and oxygen atoms in total. The van der Waals surface area contributed by atoms with Crippen molar-refractivity contribution in [2.24, 2.45) is 5.92 Å². The van der Waals surface area contributed by atoms with Gasteiger partial charge in [0.05, 0.1) is 0 Å². The number of fused-ring (bicyclic) bond motifs is 1. The molecule has 1 aliphatic carbocycles. The van der Waals surface area contributed by atoms with Gasteiger partial charge in [-0.25, -0.2) is 0 Å². The number of carbonyl (C=O) groups is 2. The minimum atomic E-state index is -0.478. The molecule has 1 aromatic heterocycles. The van der Waals surface area contributed by atoms with Gasteiger partial charge in [-0.1, -0.05) is 31.2 Å². The largest absolute Gasteiger partial charge is 0.350 e. The number of piperidine rings is 1. The molecule has 0 unspecified atom stereocenters. The van der Waals surface area contributed by atoms with Crippen LogP contribution in [0.2, 0.25) is 0 Å². The number of nitrogens with zero attached hydrogens (tertiary/aromatic N) is 2. The van der Waals surface area contributed by atoms with Crippen molar-refractivity contribution in [3.05, 3.63) is 69.1 Å². The first-order chi connectivity index (χ1) is 14.8. The number of hydrogen-bond donors (Lipinski definition) is 1. The molecule has 164 valence electrons. The van der Waals surface area contributed by atoms with E-state index in [1.54, 1.807) is 21.9 Å². The maximum atomic E-state index is 13.2. The number of hydrogen-bond acceptors (Lipinski definition) is 3. The first kappa shape index (κ1) is 21.3. The van der Waals surface area contributed by atoms with Gasteiger partial charge >= 0.3 is 0 Å². The predicted octanol–water partition coefficient (Wildman–Crippen LogP) is 3.20. The second-order valence-electron chi connectivity index (χ2n) is 9.28. The third kappa shape index (κ3) is 4.43. The SMILES string of the molecule is CC1CCN(C(=O)c2cn(C(C)C)cc(C(=O)NC3Cc4ccccc4C3)c2=O)CC1. The fourth-order valence-electron chi connectivity index (χ4n) is 4.52. The van der Waals surface area contributed by atoms with Crippen molar-refractivity contribution < 1.29 is 9.59 Å². The number of nitrogens with one attached hydrogen (secondary N) is 1. The lowest BCUT2D eigenvalue weighted by Crippen LogP contribution is -2.42. The maximum absolute atomic E-state index is 13.2. The van der Waals surface area contributed by atoms with Crippen LogP contribution in [0.15, 0.2) is 41.5 Å². The van der Waals surface area contributed by atoms with Crippen LogP contribution in [0, 0.1) is 5.92 Å². The van der Waals surface area contributed by atoms with Crippen molar-refractivity contribution >= 4 is 11.8 Å². The molecule has 0 atom stereocenters. The molecule has 31 heavy (non-hydrogen) atoms. The van der Waals surface area contributed by atoms with Crippen LogP contribution in [0.5, 0.6) is 0 Å². The number of aromatic nitrogens is 1. The second-order valence-corrected chi connectivity index (χ2v) is 9.28. The lowest BCUT2D eigenvalue weighted by atomic mass is 9.98. The first-order valence-electron chi connectivity index (χ1n) is 11.3. The molecule has 4 rings (SSSR count). The average molecular weight is 422 g/mol. The molecule has 0 bridgehead atoms. The van der Waals surface area contributed by atoms with E-state index in [1.807, 2.05) is 26.0 Å². The van der Waals surface area contributed by atoms with Crippen LogP contribution < -0.4 is 10.7 Å². The minimum absolute atomic E-state index is 0.0239. The first-order valence-corrected chi connectivity index (χ1v) is 11.3. The highest BCUT2D eigenvalue weighted by Crippen LogP contribution is 2.22. The number of amides is 2. The molecule has 2 amide bonds. The van der Waals surface area contributed by atoms with Gasteiger partial charge in [-0.3, -0.25) is 14.4 Å². The predicted molar refractivity (Wildman–Crippen MR) is 120 cm³/mol. The van der Waals surface area contributed by atoms with Gasteiger partial charge in [0.15, 0.2) is 0 Å². The normalized spacial score (nSPS) is 17.1. The van der Waals surface area contributed by atoms with Crippen LogP contribution in [0.25, 0.3) is 0 Å². The van der Waals surface area contributed by atoms with E-state index in [-0.39, 0.29) is 29.1 Å². The fourth-order valence-corrected chi connectivity index (χ4v) is 4.52. The van der Waals surface area contributed by atoms with E-state index in [0.717, 1.165) is 25.7 Å². The third-order valence-corrected chi connectivity index (χ3v) is 6.57. The van der Waals surface area contributed by atoms with Gasteiger partial charge in [0.1, 0.15) is 11.1 Å². The van der Waals surface area contributed by atoms with Gasteiger partial charge in [-0.2, -0.15) is 0 Å². The summed E-state index contributed by atoms with van der Waals surface area (Å²) < 4.78 is 1.79. The van der Waals surface area contributed by atoms with Crippen molar-refractivity contribution in [3.8, 4) is 0 Å². The Morgan fingerprint density at radius 2 is 1.58 bits per heavy atom. The highest BCUT2D eigenvalue weighted by molar-refractivity contribution is 5.99. The Morgan fingerprint density at radius 3 is 2.16 bits per heavy atom. The van der Waals surface area contributed by atoms with E-state index in [0.29, 0.717) is 19.0 Å². The summed E-state index contributed by atoms with van der Waals surface area (Å²) in [6.07, 6.45) is 6.57. The van der Waals surface area contributed by atoms with E-state index in [9.17, 15) is 14.4 Å². The van der Waals surface area contributed by atoms with Crippen molar-refractivity contribution in [3.63, 3.8) is 0 Å². The van der Waals surface area contributed by atoms with Crippen molar-refractivity contribution in [2.75, 3.05) is 13.1 Å². The lowest BCUT2D eigenvalue weighted by Gasteiger charge is -2.30. The molecule has 2 heterocycles. The van der Waals surface area contributed by atoms with Crippen LogP contribution in [-0.4, -0.2) is 40.4 Å². The topological polar surface area (TPSA) is 71.4 Å². The van der Waals surface area contributed by atoms with E-state index >= 15 is 0 Å². The zero-order chi connectivity index (χ0) is 22.1. The standard InChI is InChI=1S/C25H31N3O3/c1-16(2)28-14-21(24(30)26-20-12-18-6-4-5-7-19(18)13-20)23(29)22(15-28)25(31)27-10-8-17(3)9-11-27/h4-7,14-17,20H,8-13H2,1-3H3,(H,26,30). The Bertz CT molecular complexity index is 1020. The molecular formula is C25H31N3O3. The van der Waals surface area contributed by atoms with Crippen LogP contribution in [0.1, 0.15) is 71.5 Å². The summed E-state index contributed by atoms with van der Waals surface area (Å²) >= 11 is 0. The quantitative estimate of drug-likeness (QED) is 0.824. The summed E-state index contributed by atoms with van der Waals surface area (Å²) in [4.78, 5) is 41.2. The van der Waals surface area contributed by atoms with Crippen LogP contribution in [0.3, 0.4) is 0 Å². The maximum Gasteiger partial charge on any atom is 0.259 e. The molecule has 6 heteroatoms. The molecule has 1 aromatic carbocycles. The average Bonchev–Trinajstić information content (AvgIpc) is 3.16. The Morgan fingerprint density at radius 1 is 1.00 bits per heavy atom. The van der Waals surface area contributed by atoms with E-state index < -0.39 is 11.3 Å². The zero-order valence-corrected chi connectivity index (χ0v) is 18.6. The molecule has 2 aliphatic rings. The van der Waals surface area contributed by atoms with Gasteiger partial charge < -0.3 is 14.8 Å². The fraction of sp³-hybridized carbons (Fsp3) is 0.480. The highest BCUT2D eigenvalue weighted by Gasteiger charge is 2.28. The third-order valence-electron chi connectivity index (χ3n) is 6.57. The molecule has 2 aromatic rings. The van der Waals surface area contributed by atoms with Gasteiger partial charge in [-0.05, 0) is 56.6 Å². The summed E-state index contributed by atoms with van der Waals surface area (Å²) in [6.45, 7) is 7.42. The molecular weight excluding hydrogens is 390 g/mol. The monoisotopic (exact) mass is 421 g/mol. The van der Waals surface area contributed by atoms with Crippen molar-refractivity contribution in [1.82, 2.24) is 14.8 Å². The van der Waals surface area contributed by atoms with Crippen molar-refractivity contribution in [1.29, 1.82) is 0 Å². The number of likely N-dealkylation sites (tertiary alicyclic amines) is 1. The van der Waals surface area contributed by atoms with E-state index in [4.69, 9.17) is 0 Å². The Kier molecular flexibility index (Phi) is 5.99. The molecule has 0 radical (unpaired) electrons. The molecule has 1 saturated heterocycles. The minimum Gasteiger partial charge on any atom is -0.350 e. The Hall–Kier alpha value is -2.89. The van der Waals surface area contributed by atoms with Gasteiger partial charge in [-0.15, -0.1) is 0 Å². The number of benzene rings is 1. The molecule has 0 saturated carbocycles. The molecule has 1 fully saturated rings. The van der Waals surface area contributed by atoms with E-state index in [1.165, 1.54) is 11.1 Å². The van der Waals surface area contributed by atoms with Gasteiger partial charge in [0.25, 0.3) is 11.8 Å². The second kappa shape index (κ2) is 8.69. The van der Waals surface area contributed by atoms with Gasteiger partial charge in [0.2, 0.25) is 5.43 Å². The summed E-state index contributed by atoms with van der Waals surface area (Å²) in [5.74, 6) is -0.0858. The summed E-state index contributed by atoms with van der Waals surface area (Å²) in [5.41, 5.74) is 2.12. The number of rotatable bonds is 4. The highest BCUT2D eigenvalue weighted by atomic mass is 16.2. The molecule has 1 aliphatic heterocycles. The Balaban J connectivity index is 1.59. The van der Waals surface area contributed by atoms with Gasteiger partial charge in [0, 0.05) is 37.6 Å². The van der Waals surface area contributed by atoms with Crippen LogP contribution in [-0.2, 0) is 12.8 Å². The summed E-state index contributed by atoms with van der Waals surface area (Å²) in [6, 6.07) is 8.13. The van der Waals surface area contributed by atoms with Crippen LogP contribution in [0.4, 0.5) is 0 Å². The Labute approximate surface area is 183 Å². The lowest BCUT2D eigenvalue weighted by molar-refractivity contribution is 0.0695. The smallest absolute Gasteiger partial charge is 0.259 e. The molecule has 0 spiro atoms. The zero-order valence-electron chi connectivity index (χ0n) is 18.6. The number of carbonyl (C=O) groups excluding carboxylic acids is 2. The summed E-state index contributed by atoms with van der Waals surface area (Å²) in [5, 5.41) is 3.02.